The smallest absolute Gasteiger partial charge is 0.813 e. The van der Waals surface area contributed by atoms with Crippen molar-refractivity contribution in [2.45, 2.75) is 0 Å². The molecule has 0 aromatic carbocycles. The Bertz CT molecular complexity index is 135. The molecule has 0 aromatic rings. The van der Waals surface area contributed by atoms with E-state index >= 15 is 0 Å². The molecular formula is C12H30N3Na2O3P. The summed E-state index contributed by atoms with van der Waals surface area (Å²) in [5, 5.41) is 3.03. The Balaban J connectivity index is -0.0000000177. The zero-order chi connectivity index (χ0) is 17.1. The van der Waals surface area contributed by atoms with Crippen LogP contribution in [0.3, 0.4) is 0 Å². The van der Waals surface area contributed by atoms with Crippen molar-refractivity contribution in [2.75, 3.05) is 26.2 Å². The fourth-order valence-corrected chi connectivity index (χ4v) is 0.329. The second-order valence-electron chi connectivity index (χ2n) is 1.58. The summed E-state index contributed by atoms with van der Waals surface area (Å²) in [6.45, 7) is 27.1. The van der Waals surface area contributed by atoms with Gasteiger partial charge in [-0.15, -0.1) is 52.6 Å². The van der Waals surface area contributed by atoms with Gasteiger partial charge in [0.1, 0.15) is 0 Å². The third-order valence-electron chi connectivity index (χ3n) is 0.642. The van der Waals surface area contributed by atoms with E-state index in [1.807, 2.05) is 0 Å². The minimum absolute atomic E-state index is 0. The first kappa shape index (κ1) is 49.5. The molecule has 0 unspecified atom stereocenters. The molecule has 0 aliphatic carbocycles. The number of rotatable bonds is 4. The van der Waals surface area contributed by atoms with Gasteiger partial charge in [-0.05, 0) is 0 Å². The summed E-state index contributed by atoms with van der Waals surface area (Å²) in [6.07, 6.45) is 0. The van der Waals surface area contributed by atoms with Gasteiger partial charge in [0.15, 0.2) is 0 Å². The van der Waals surface area contributed by atoms with Crippen molar-refractivity contribution in [1.29, 1.82) is 0 Å². The summed E-state index contributed by atoms with van der Waals surface area (Å²) in [5.74, 6) is 0. The molecule has 0 saturated heterocycles. The van der Waals surface area contributed by atoms with Crippen LogP contribution in [0.15, 0.2) is 52.6 Å². The van der Waals surface area contributed by atoms with Gasteiger partial charge in [-0.1, -0.05) is 8.25 Å². The van der Waals surface area contributed by atoms with Crippen LogP contribution >= 0.6 is 8.25 Å². The van der Waals surface area contributed by atoms with E-state index in [2.05, 4.69) is 57.9 Å². The van der Waals surface area contributed by atoms with E-state index in [0.717, 1.165) is 13.1 Å². The molecule has 0 heterocycles. The molecule has 0 atom stereocenters. The summed E-state index contributed by atoms with van der Waals surface area (Å²) < 4.78 is 8.52. The molecule has 0 aromatic heterocycles. The normalized spacial score (nSPS) is 5.57. The summed E-state index contributed by atoms with van der Waals surface area (Å²) in [4.78, 5) is 17.0. The minimum atomic E-state index is -3.63. The third-order valence-corrected chi connectivity index (χ3v) is 0.642. The molecule has 0 aliphatic heterocycles. The van der Waals surface area contributed by atoms with Gasteiger partial charge in [0.2, 0.25) is 0 Å². The van der Waals surface area contributed by atoms with E-state index in [-0.39, 0.29) is 59.1 Å². The van der Waals surface area contributed by atoms with Crippen molar-refractivity contribution in [1.82, 2.24) is 5.32 Å². The molecule has 0 fully saturated rings. The first-order valence-electron chi connectivity index (χ1n) is 5.14. The monoisotopic (exact) mass is 341 g/mol. The predicted octanol–water partition coefficient (Wildman–Crippen LogP) is -6.19. The maximum atomic E-state index is 8.52. The van der Waals surface area contributed by atoms with Crippen LogP contribution in [0.4, 0.5) is 0 Å². The minimum Gasteiger partial charge on any atom is -0.813 e. The van der Waals surface area contributed by atoms with Crippen LogP contribution in [0, 0.1) is 0 Å². The van der Waals surface area contributed by atoms with E-state index < -0.39 is 8.25 Å². The van der Waals surface area contributed by atoms with Gasteiger partial charge in [0, 0.05) is 26.2 Å². The zero-order valence-electron chi connectivity index (χ0n) is 13.9. The van der Waals surface area contributed by atoms with Crippen LogP contribution in [0.2, 0.25) is 0 Å². The molecule has 5 N–H and O–H groups in total. The molecule has 0 rings (SSSR count). The topological polar surface area (TPSA) is 127 Å². The molecule has 0 spiro atoms. The molecule has 21 heavy (non-hydrogen) atoms. The first-order chi connectivity index (χ1) is 9.15. The Labute approximate surface area is 176 Å². The Morgan fingerprint density at radius 3 is 1.00 bits per heavy atom. The van der Waals surface area contributed by atoms with E-state index in [0.29, 0.717) is 13.1 Å². The fourth-order valence-electron chi connectivity index (χ4n) is 0.329. The largest absolute Gasteiger partial charge is 1.00 e. The van der Waals surface area contributed by atoms with Crippen LogP contribution in [-0.4, -0.2) is 26.2 Å². The van der Waals surface area contributed by atoms with Crippen LogP contribution in [0.1, 0.15) is 0 Å². The number of hydrogen-bond acceptors (Lipinski definition) is 6. The molecule has 0 amide bonds. The molecule has 9 heteroatoms. The Morgan fingerprint density at radius 1 is 0.762 bits per heavy atom. The molecule has 6 nitrogen and oxygen atoms in total. The van der Waals surface area contributed by atoms with Gasteiger partial charge in [0.05, 0.1) is 0 Å². The molecule has 0 aliphatic rings. The van der Waals surface area contributed by atoms with E-state index in [1.165, 1.54) is 0 Å². The van der Waals surface area contributed by atoms with E-state index in [4.69, 9.17) is 25.8 Å². The zero-order valence-corrected chi connectivity index (χ0v) is 18.9. The van der Waals surface area contributed by atoms with Crippen molar-refractivity contribution in [3.8, 4) is 0 Å². The number of nitrogens with two attached hydrogens (primary N) is 2. The Kier molecular flexibility index (Phi) is 245. The van der Waals surface area contributed by atoms with Crippen LogP contribution in [-0.2, 0) is 4.57 Å². The van der Waals surface area contributed by atoms with Gasteiger partial charge in [-0.25, -0.2) is 0 Å². The van der Waals surface area contributed by atoms with Crippen molar-refractivity contribution >= 4 is 8.25 Å². The summed E-state index contributed by atoms with van der Waals surface area (Å²) in [7, 11) is -3.63. The summed E-state index contributed by atoms with van der Waals surface area (Å²) in [5.41, 5.74) is 10.3. The Hall–Kier alpha value is 0.990. The van der Waals surface area contributed by atoms with Crippen LogP contribution in [0.25, 0.3) is 0 Å². The van der Waals surface area contributed by atoms with Crippen molar-refractivity contribution in [3.05, 3.63) is 52.6 Å². The van der Waals surface area contributed by atoms with Gasteiger partial charge < -0.3 is 31.1 Å². The second kappa shape index (κ2) is 104. The number of hydrogen-bond donors (Lipinski definition) is 3. The van der Waals surface area contributed by atoms with Gasteiger partial charge in [0.25, 0.3) is 0 Å². The quantitative estimate of drug-likeness (QED) is 0.202. The van der Waals surface area contributed by atoms with Crippen molar-refractivity contribution < 1.29 is 73.5 Å². The standard InChI is InChI=1S/C4H13N3.4C2H4.2Na.H3O3P/c5-1-3-7-4-2-6;4*1-2;;;1-4(2)3/h7H,1-6H2;4*1-2H2;;;4H,(H2,1,2,3)/q;;;;;2*+1;/p-2. The Morgan fingerprint density at radius 2 is 0.905 bits per heavy atom. The summed E-state index contributed by atoms with van der Waals surface area (Å²) >= 11 is 0. The van der Waals surface area contributed by atoms with Crippen LogP contribution < -0.4 is 85.7 Å². The van der Waals surface area contributed by atoms with Gasteiger partial charge >= 0.3 is 59.1 Å². The fraction of sp³-hybridized carbons (Fsp3) is 0.333. The molecule has 0 saturated carbocycles. The van der Waals surface area contributed by atoms with E-state index in [1.54, 1.807) is 0 Å². The van der Waals surface area contributed by atoms with Crippen LogP contribution in [0.5, 0.6) is 0 Å². The molecular weight excluding hydrogens is 311 g/mol. The second-order valence-corrected chi connectivity index (χ2v) is 2.08. The van der Waals surface area contributed by atoms with Crippen molar-refractivity contribution in [3.63, 3.8) is 0 Å². The predicted molar refractivity (Wildman–Crippen MR) is 85.0 cm³/mol. The molecule has 118 valence electrons. The van der Waals surface area contributed by atoms with Gasteiger partial charge in [-0.3, -0.25) is 0 Å². The first-order valence-corrected chi connectivity index (χ1v) is 6.36. The third kappa shape index (κ3) is 304. The molecule has 0 radical (unpaired) electrons. The SMILES string of the molecule is C=C.C=C.C=C.C=C.NCCNCCN.O=[PH]([O-])[O-].[Na+].[Na+]. The number of nitrogens with one attached hydrogen (secondary N) is 1. The average molecular weight is 341 g/mol. The average Bonchev–Trinajstić information content (AvgIpc) is 2.47. The summed E-state index contributed by atoms with van der Waals surface area (Å²) in [6, 6.07) is 0. The van der Waals surface area contributed by atoms with Gasteiger partial charge in [-0.2, -0.15) is 0 Å². The maximum Gasteiger partial charge on any atom is 1.00 e. The maximum absolute atomic E-state index is 8.52. The van der Waals surface area contributed by atoms with Crippen molar-refractivity contribution in [2.24, 2.45) is 11.5 Å². The molecule has 0 bridgehead atoms. The van der Waals surface area contributed by atoms with E-state index in [9.17, 15) is 0 Å².